The highest BCUT2D eigenvalue weighted by molar-refractivity contribution is 5.86. The minimum Gasteiger partial charge on any atom is -0.478 e. The van der Waals surface area contributed by atoms with Crippen molar-refractivity contribution in [1.82, 2.24) is 5.32 Å². The molecule has 4 aromatic rings. The van der Waals surface area contributed by atoms with Crippen LogP contribution in [0.2, 0.25) is 0 Å². The molecule has 1 aliphatic carbocycles. The molecular weight excluding hydrogens is 434 g/mol. The van der Waals surface area contributed by atoms with E-state index in [1.807, 2.05) is 30.3 Å². The highest BCUT2D eigenvalue weighted by Gasteiger charge is 2.28. The summed E-state index contributed by atoms with van der Waals surface area (Å²) in [4.78, 5) is 11.7. The van der Waals surface area contributed by atoms with E-state index in [2.05, 4.69) is 66.8 Å². The minimum absolute atomic E-state index is 0.284. The maximum atomic E-state index is 11.7. The largest absolute Gasteiger partial charge is 0.478 e. The smallest absolute Gasteiger partial charge is 0.349 e. The van der Waals surface area contributed by atoms with Crippen LogP contribution in [0.3, 0.4) is 0 Å². The van der Waals surface area contributed by atoms with E-state index in [0.29, 0.717) is 23.3 Å². The monoisotopic (exact) mass is 465 g/mol. The van der Waals surface area contributed by atoms with Crippen LogP contribution in [-0.4, -0.2) is 17.1 Å². The summed E-state index contributed by atoms with van der Waals surface area (Å²) < 4.78 is 5.83. The van der Waals surface area contributed by atoms with Crippen LogP contribution >= 0.6 is 0 Å². The lowest BCUT2D eigenvalue weighted by Crippen LogP contribution is -2.29. The highest BCUT2D eigenvalue weighted by atomic mass is 16.5. The number of benzene rings is 4. The fourth-order valence-corrected chi connectivity index (χ4v) is 5.35. The fraction of sp³-hybridized carbons (Fsp3) is 0.258. The van der Waals surface area contributed by atoms with Crippen LogP contribution in [0.5, 0.6) is 5.75 Å². The van der Waals surface area contributed by atoms with E-state index in [9.17, 15) is 9.90 Å². The Kier molecular flexibility index (Phi) is 6.82. The molecule has 0 spiro atoms. The molecule has 4 heteroatoms. The van der Waals surface area contributed by atoms with Gasteiger partial charge in [-0.2, -0.15) is 0 Å². The summed E-state index contributed by atoms with van der Waals surface area (Å²) in [6, 6.07) is 32.9. The van der Waals surface area contributed by atoms with Gasteiger partial charge in [-0.25, -0.2) is 4.79 Å². The number of ether oxygens (including phenoxy) is 1. The van der Waals surface area contributed by atoms with Crippen LogP contribution in [0, 0.1) is 0 Å². The zero-order chi connectivity index (χ0) is 24.2. The number of hydrogen-bond donors (Lipinski definition) is 2. The number of aliphatic carboxylic acids is 1. The molecule has 4 aromatic carbocycles. The number of carbonyl (C=O) groups is 1. The van der Waals surface area contributed by atoms with Gasteiger partial charge in [0.25, 0.3) is 0 Å². The first-order chi connectivity index (χ1) is 17.1. The second kappa shape index (κ2) is 10.3. The van der Waals surface area contributed by atoms with Crippen molar-refractivity contribution in [3.05, 3.63) is 114 Å². The van der Waals surface area contributed by atoms with Crippen molar-refractivity contribution in [2.45, 2.75) is 50.3 Å². The van der Waals surface area contributed by atoms with Crippen LogP contribution in [0.1, 0.15) is 60.9 Å². The van der Waals surface area contributed by atoms with E-state index in [-0.39, 0.29) is 6.04 Å². The van der Waals surface area contributed by atoms with Crippen molar-refractivity contribution >= 4 is 16.7 Å². The third kappa shape index (κ3) is 5.23. The van der Waals surface area contributed by atoms with E-state index < -0.39 is 12.1 Å². The Morgan fingerprint density at radius 1 is 0.886 bits per heavy atom. The first-order valence-electron chi connectivity index (χ1n) is 12.4. The summed E-state index contributed by atoms with van der Waals surface area (Å²) in [6.07, 6.45) is 2.36. The Bertz CT molecular complexity index is 1280. The van der Waals surface area contributed by atoms with Gasteiger partial charge in [-0.3, -0.25) is 0 Å². The molecule has 0 aliphatic heterocycles. The average molecular weight is 466 g/mol. The topological polar surface area (TPSA) is 58.6 Å². The van der Waals surface area contributed by atoms with Crippen molar-refractivity contribution < 1.29 is 14.6 Å². The number of fused-ring (bicyclic) bond motifs is 1. The van der Waals surface area contributed by atoms with Crippen molar-refractivity contribution in [1.29, 1.82) is 0 Å². The summed E-state index contributed by atoms with van der Waals surface area (Å²) in [6.45, 7) is 2.26. The zero-order valence-corrected chi connectivity index (χ0v) is 19.9. The van der Waals surface area contributed by atoms with Crippen molar-refractivity contribution in [2.24, 2.45) is 0 Å². The van der Waals surface area contributed by atoms with Gasteiger partial charge in [-0.1, -0.05) is 84.9 Å². The number of rotatable bonds is 8. The van der Waals surface area contributed by atoms with Gasteiger partial charge in [0, 0.05) is 17.6 Å². The van der Waals surface area contributed by atoms with Gasteiger partial charge in [0.2, 0.25) is 6.10 Å². The summed E-state index contributed by atoms with van der Waals surface area (Å²) in [5, 5.41) is 16.1. The Balaban J connectivity index is 1.21. The molecule has 0 saturated heterocycles. The normalized spacial score (nSPS) is 19.3. The van der Waals surface area contributed by atoms with E-state index >= 15 is 0 Å². The molecule has 2 N–H and O–H groups in total. The second-order valence-electron chi connectivity index (χ2n) is 9.48. The van der Waals surface area contributed by atoms with Gasteiger partial charge in [0.05, 0.1) is 0 Å². The molecule has 4 atom stereocenters. The van der Waals surface area contributed by atoms with Crippen LogP contribution in [0.15, 0.2) is 97.1 Å². The van der Waals surface area contributed by atoms with Gasteiger partial charge < -0.3 is 15.2 Å². The molecule has 35 heavy (non-hydrogen) atoms. The first kappa shape index (κ1) is 23.1. The Morgan fingerprint density at radius 3 is 2.37 bits per heavy atom. The Morgan fingerprint density at radius 2 is 1.60 bits per heavy atom. The number of hydrogen-bond acceptors (Lipinski definition) is 3. The van der Waals surface area contributed by atoms with E-state index in [1.54, 1.807) is 12.1 Å². The fourth-order valence-electron chi connectivity index (χ4n) is 5.35. The van der Waals surface area contributed by atoms with Crippen LogP contribution in [0.4, 0.5) is 0 Å². The van der Waals surface area contributed by atoms with Gasteiger partial charge >= 0.3 is 5.97 Å². The summed E-state index contributed by atoms with van der Waals surface area (Å²) >= 11 is 0. The van der Waals surface area contributed by atoms with Crippen LogP contribution in [0.25, 0.3) is 10.8 Å². The standard InChI is InChI=1S/C31H31NO3/c1-21(28-13-7-11-23-8-5-6-12-29(23)28)32-26-17-14-25(20-26)22-15-18-27(19-16-22)35-30(31(33)34)24-9-3-2-4-10-24/h2-13,15-16,18-19,21,25-26,30,32H,14,17,20H2,1H3,(H,33,34). The lowest BCUT2D eigenvalue weighted by atomic mass is 9.96. The van der Waals surface area contributed by atoms with E-state index in [4.69, 9.17) is 4.74 Å². The number of nitrogens with one attached hydrogen (secondary N) is 1. The molecule has 1 saturated carbocycles. The van der Waals surface area contributed by atoms with Crippen LogP contribution in [-0.2, 0) is 4.79 Å². The Hall–Kier alpha value is -3.63. The van der Waals surface area contributed by atoms with E-state index in [0.717, 1.165) is 19.3 Å². The van der Waals surface area contributed by atoms with Crippen molar-refractivity contribution in [2.75, 3.05) is 0 Å². The van der Waals surface area contributed by atoms with Gasteiger partial charge in [0.15, 0.2) is 0 Å². The number of carboxylic acids is 1. The van der Waals surface area contributed by atoms with E-state index in [1.165, 1.54) is 21.9 Å². The number of carboxylic acid groups (broad SMARTS) is 1. The molecule has 0 amide bonds. The lowest BCUT2D eigenvalue weighted by molar-refractivity contribution is -0.145. The minimum atomic E-state index is -1.02. The van der Waals surface area contributed by atoms with Gasteiger partial charge in [-0.15, -0.1) is 0 Å². The third-order valence-electron chi connectivity index (χ3n) is 7.14. The molecule has 5 rings (SSSR count). The maximum absolute atomic E-state index is 11.7. The summed E-state index contributed by atoms with van der Waals surface area (Å²) in [5.41, 5.74) is 3.26. The summed E-state index contributed by atoms with van der Waals surface area (Å²) in [5.74, 6) is 0.0678. The molecule has 4 unspecified atom stereocenters. The lowest BCUT2D eigenvalue weighted by Gasteiger charge is -2.22. The molecule has 1 fully saturated rings. The van der Waals surface area contributed by atoms with Crippen molar-refractivity contribution in [3.8, 4) is 5.75 Å². The Labute approximate surface area is 206 Å². The molecule has 0 aromatic heterocycles. The molecule has 0 heterocycles. The summed E-state index contributed by atoms with van der Waals surface area (Å²) in [7, 11) is 0. The van der Waals surface area contributed by atoms with Gasteiger partial charge in [0.1, 0.15) is 5.75 Å². The van der Waals surface area contributed by atoms with Crippen LogP contribution < -0.4 is 10.1 Å². The molecule has 0 radical (unpaired) electrons. The highest BCUT2D eigenvalue weighted by Crippen LogP contribution is 2.37. The molecule has 4 nitrogen and oxygen atoms in total. The first-order valence-corrected chi connectivity index (χ1v) is 12.4. The zero-order valence-electron chi connectivity index (χ0n) is 19.9. The maximum Gasteiger partial charge on any atom is 0.349 e. The molecule has 0 bridgehead atoms. The quantitative estimate of drug-likeness (QED) is 0.293. The predicted octanol–water partition coefficient (Wildman–Crippen LogP) is 7.03. The molecule has 1 aliphatic rings. The molecule has 178 valence electrons. The second-order valence-corrected chi connectivity index (χ2v) is 9.48. The average Bonchev–Trinajstić information content (AvgIpc) is 3.36. The van der Waals surface area contributed by atoms with Crippen molar-refractivity contribution in [3.63, 3.8) is 0 Å². The third-order valence-corrected chi connectivity index (χ3v) is 7.14. The SMILES string of the molecule is CC(NC1CCC(c2ccc(OC(C(=O)O)c3ccccc3)cc2)C1)c1cccc2ccccc12. The van der Waals surface area contributed by atoms with Gasteiger partial charge in [-0.05, 0) is 66.1 Å². The molecular formula is C31H31NO3. The predicted molar refractivity (Wildman–Crippen MR) is 140 cm³/mol.